The number of benzene rings is 3. The van der Waals surface area contributed by atoms with E-state index in [2.05, 4.69) is 15.9 Å². The highest BCUT2D eigenvalue weighted by Gasteiger charge is 2.67. The Morgan fingerprint density at radius 3 is 2.41 bits per heavy atom. The van der Waals surface area contributed by atoms with Crippen LogP contribution in [0.5, 0.6) is 11.5 Å². The summed E-state index contributed by atoms with van der Waals surface area (Å²) in [6.07, 6.45) is 2.76. The summed E-state index contributed by atoms with van der Waals surface area (Å²) in [6.45, 7) is 1.88. The van der Waals surface area contributed by atoms with Crippen molar-refractivity contribution in [1.82, 2.24) is 4.90 Å². The molecule has 0 radical (unpaired) electrons. The van der Waals surface area contributed by atoms with Crippen LogP contribution in [0.25, 0.3) is 0 Å². The number of nitrogens with zero attached hydrogens (tertiary/aromatic N) is 2. The lowest BCUT2D eigenvalue weighted by atomic mass is 9.51. The van der Waals surface area contributed by atoms with Crippen LogP contribution in [0.2, 0.25) is 5.02 Å². The van der Waals surface area contributed by atoms with E-state index in [4.69, 9.17) is 11.6 Å². The quantitative estimate of drug-likeness (QED) is 0.244. The van der Waals surface area contributed by atoms with Gasteiger partial charge < -0.3 is 10.2 Å². The maximum Gasteiger partial charge on any atom is 0.241 e. The van der Waals surface area contributed by atoms with Crippen LogP contribution in [0.1, 0.15) is 36.8 Å². The number of anilines is 1. The van der Waals surface area contributed by atoms with Crippen LogP contribution in [0.15, 0.2) is 76.8 Å². The van der Waals surface area contributed by atoms with Gasteiger partial charge in [-0.2, -0.15) is 0 Å². The maximum absolute atomic E-state index is 14.5. The van der Waals surface area contributed by atoms with Gasteiger partial charge >= 0.3 is 0 Å². The van der Waals surface area contributed by atoms with E-state index in [0.717, 1.165) is 22.1 Å². The molecule has 0 aromatic heterocycles. The monoisotopic (exact) mass is 706 g/mol. The molecule has 4 amide bonds. The van der Waals surface area contributed by atoms with E-state index in [1.54, 1.807) is 43.3 Å². The summed E-state index contributed by atoms with van der Waals surface area (Å²) in [5.41, 5.74) is 0.807. The average Bonchev–Trinajstić information content (AvgIpc) is 3.39. The lowest BCUT2D eigenvalue weighted by molar-refractivity contribution is -0.140. The second-order valence-electron chi connectivity index (χ2n) is 12.7. The number of carbonyl (C=O) groups is 4. The number of phenolic OH excluding ortho intramolecular Hbond substituents is 2. The number of fused-ring (bicyclic) bond motifs is 4. The third-order valence-electron chi connectivity index (χ3n) is 10.4. The van der Waals surface area contributed by atoms with Crippen LogP contribution in [0, 0.1) is 34.9 Å². The molecule has 2 N–H and O–H groups in total. The third kappa shape index (κ3) is 4.52. The summed E-state index contributed by atoms with van der Waals surface area (Å²) >= 11 is 9.54. The molecule has 4 aliphatic rings. The first-order chi connectivity index (χ1) is 21.9. The SMILES string of the molecule is C[C@@]12C(=O)N(c3ccc(F)c(Cl)c3)C(=O)[C@@H]1C[C@@H]1C(=CC[C@@H]3C(=O)N(CCc4ccc(O)cc4)C(=O)[C@@H]31)[C@@H]2c1cc(Br)ccc1O. The van der Waals surface area contributed by atoms with Crippen molar-refractivity contribution < 1.29 is 33.8 Å². The fourth-order valence-corrected chi connectivity index (χ4v) is 8.73. The smallest absolute Gasteiger partial charge is 0.241 e. The predicted octanol–water partition coefficient (Wildman–Crippen LogP) is 6.13. The van der Waals surface area contributed by atoms with Crippen LogP contribution in [0.3, 0.4) is 0 Å². The van der Waals surface area contributed by atoms with Crippen LogP contribution in [-0.2, 0) is 25.6 Å². The third-order valence-corrected chi connectivity index (χ3v) is 11.2. The highest BCUT2D eigenvalue weighted by molar-refractivity contribution is 9.10. The molecule has 3 aromatic rings. The number of carbonyl (C=O) groups excluding carboxylic acids is 4. The van der Waals surface area contributed by atoms with E-state index in [0.29, 0.717) is 16.5 Å². The Balaban J connectivity index is 1.30. The first-order valence-electron chi connectivity index (χ1n) is 15.1. The van der Waals surface area contributed by atoms with Crippen LogP contribution in [0.4, 0.5) is 10.1 Å². The minimum absolute atomic E-state index is 0.0651. The molecule has 2 saturated heterocycles. The van der Waals surface area contributed by atoms with E-state index in [9.17, 15) is 33.8 Å². The zero-order chi connectivity index (χ0) is 32.7. The zero-order valence-corrected chi connectivity index (χ0v) is 27.0. The molecule has 2 aliphatic heterocycles. The molecule has 6 atom stereocenters. The van der Waals surface area contributed by atoms with E-state index < -0.39 is 52.6 Å². The molecule has 1 saturated carbocycles. The number of hydrogen-bond donors (Lipinski definition) is 2. The summed E-state index contributed by atoms with van der Waals surface area (Å²) in [5, 5.41) is 20.6. The lowest BCUT2D eigenvalue weighted by Crippen LogP contribution is -2.49. The second kappa shape index (κ2) is 11.1. The van der Waals surface area contributed by atoms with E-state index in [-0.39, 0.29) is 53.4 Å². The first kappa shape index (κ1) is 30.6. The number of rotatable bonds is 5. The zero-order valence-electron chi connectivity index (χ0n) is 24.6. The van der Waals surface area contributed by atoms with Gasteiger partial charge in [0.2, 0.25) is 23.6 Å². The molecular weight excluding hydrogens is 679 g/mol. The molecule has 8 nitrogen and oxygen atoms in total. The minimum Gasteiger partial charge on any atom is -0.508 e. The summed E-state index contributed by atoms with van der Waals surface area (Å²) in [7, 11) is 0. The van der Waals surface area contributed by atoms with Crippen molar-refractivity contribution in [1.29, 1.82) is 0 Å². The molecule has 0 bridgehead atoms. The van der Waals surface area contributed by atoms with E-state index in [1.807, 2.05) is 6.08 Å². The summed E-state index contributed by atoms with van der Waals surface area (Å²) < 4.78 is 14.7. The fourth-order valence-electron chi connectivity index (χ4n) is 8.18. The Hall–Kier alpha value is -4.02. The minimum atomic E-state index is -1.37. The van der Waals surface area contributed by atoms with Crippen molar-refractivity contribution in [3.05, 3.63) is 98.8 Å². The standard InChI is InChI=1S/C35H29BrClFN2O6/c1-35-25(32(44)40(34(35)46)19-5-10-27(38)26(37)15-19)16-23-21(30(35)24-14-18(36)4-11-28(24)42)8-9-22-29(23)33(45)39(31(22)43)13-12-17-2-6-20(41)7-3-17/h2-8,10-11,14-15,22-23,25,29-30,41-42H,9,12-13,16H2,1H3/t22-,23+,25-,29-,30+,35+/m0/s1. The van der Waals surface area contributed by atoms with Gasteiger partial charge in [-0.1, -0.05) is 51.3 Å². The Kier molecular flexibility index (Phi) is 7.36. The Bertz CT molecular complexity index is 1860. The summed E-state index contributed by atoms with van der Waals surface area (Å²) in [6, 6.07) is 15.2. The molecule has 236 valence electrons. The fraction of sp³-hybridized carbons (Fsp3) is 0.314. The predicted molar refractivity (Wildman–Crippen MR) is 170 cm³/mol. The van der Waals surface area contributed by atoms with Gasteiger partial charge in [-0.25, -0.2) is 9.29 Å². The summed E-state index contributed by atoms with van der Waals surface area (Å²) in [5.74, 6) is -5.80. The van der Waals surface area contributed by atoms with Gasteiger partial charge in [0.05, 0.1) is 33.9 Å². The van der Waals surface area contributed by atoms with Crippen LogP contribution in [-0.4, -0.2) is 45.3 Å². The topological polar surface area (TPSA) is 115 Å². The lowest BCUT2D eigenvalue weighted by Gasteiger charge is -2.49. The molecule has 7 rings (SSSR count). The van der Waals surface area contributed by atoms with Crippen molar-refractivity contribution in [3.63, 3.8) is 0 Å². The number of halogens is 3. The molecule has 0 spiro atoms. The molecule has 46 heavy (non-hydrogen) atoms. The molecule has 11 heteroatoms. The van der Waals surface area contributed by atoms with Gasteiger partial charge in [0.15, 0.2) is 0 Å². The number of likely N-dealkylation sites (tertiary alicyclic amines) is 1. The normalized spacial score (nSPS) is 28.7. The van der Waals surface area contributed by atoms with Gasteiger partial charge in [0.1, 0.15) is 17.3 Å². The van der Waals surface area contributed by atoms with Gasteiger partial charge in [0.25, 0.3) is 0 Å². The largest absolute Gasteiger partial charge is 0.508 e. The van der Waals surface area contributed by atoms with Crippen molar-refractivity contribution >= 4 is 56.8 Å². The molecule has 0 unspecified atom stereocenters. The molecule has 2 aliphatic carbocycles. The molecule has 3 fully saturated rings. The van der Waals surface area contributed by atoms with Gasteiger partial charge in [-0.15, -0.1) is 0 Å². The first-order valence-corrected chi connectivity index (χ1v) is 16.2. The molecule has 2 heterocycles. The molecular formula is C35H29BrClFN2O6. The average molecular weight is 708 g/mol. The van der Waals surface area contributed by atoms with E-state index in [1.165, 1.54) is 23.1 Å². The number of hydrogen-bond acceptors (Lipinski definition) is 6. The van der Waals surface area contributed by atoms with Crippen molar-refractivity contribution in [2.75, 3.05) is 11.4 Å². The number of allylic oxidation sites excluding steroid dienone is 2. The van der Waals surface area contributed by atoms with Crippen LogP contribution < -0.4 is 4.90 Å². The Labute approximate surface area is 277 Å². The van der Waals surface area contributed by atoms with Gasteiger partial charge in [0, 0.05) is 22.5 Å². The van der Waals surface area contributed by atoms with Crippen LogP contribution >= 0.6 is 27.5 Å². The Morgan fingerprint density at radius 2 is 1.70 bits per heavy atom. The van der Waals surface area contributed by atoms with Crippen molar-refractivity contribution in [2.24, 2.45) is 29.1 Å². The summed E-state index contributed by atoms with van der Waals surface area (Å²) in [4.78, 5) is 58.8. The number of phenols is 2. The number of aromatic hydroxyl groups is 2. The van der Waals surface area contributed by atoms with Crippen molar-refractivity contribution in [2.45, 2.75) is 32.1 Å². The number of imide groups is 2. The van der Waals surface area contributed by atoms with Crippen molar-refractivity contribution in [3.8, 4) is 11.5 Å². The highest BCUT2D eigenvalue weighted by atomic mass is 79.9. The maximum atomic E-state index is 14.5. The highest BCUT2D eigenvalue weighted by Crippen LogP contribution is 2.64. The van der Waals surface area contributed by atoms with Gasteiger partial charge in [-0.05, 0) is 86.2 Å². The van der Waals surface area contributed by atoms with Gasteiger partial charge in [-0.3, -0.25) is 24.1 Å². The second-order valence-corrected chi connectivity index (χ2v) is 14.0. The molecule has 3 aromatic carbocycles. The Morgan fingerprint density at radius 1 is 0.957 bits per heavy atom. The van der Waals surface area contributed by atoms with E-state index >= 15 is 0 Å². The number of amides is 4.